The lowest BCUT2D eigenvalue weighted by atomic mass is 10.2. The molecule has 1 aromatic heterocycles. The van der Waals surface area contributed by atoms with Gasteiger partial charge in [0.25, 0.3) is 5.91 Å². The van der Waals surface area contributed by atoms with Crippen LogP contribution >= 0.6 is 0 Å². The average Bonchev–Trinajstić information content (AvgIpc) is 2.61. The predicted molar refractivity (Wildman–Crippen MR) is 97.0 cm³/mol. The Morgan fingerprint density at radius 1 is 1.04 bits per heavy atom. The Morgan fingerprint density at radius 2 is 1.71 bits per heavy atom. The highest BCUT2D eigenvalue weighted by molar-refractivity contribution is 5.92. The van der Waals surface area contributed by atoms with Crippen LogP contribution in [0.15, 0.2) is 42.7 Å². The zero-order valence-corrected chi connectivity index (χ0v) is 14.9. The predicted octanol–water partition coefficient (Wildman–Crippen LogP) is 3.37. The highest BCUT2D eigenvalue weighted by Gasteiger charge is 2.21. The van der Waals surface area contributed by atoms with Crippen molar-refractivity contribution >= 4 is 11.7 Å². The molecule has 0 unspecified atom stereocenters. The highest BCUT2D eigenvalue weighted by Crippen LogP contribution is 2.14. The van der Waals surface area contributed by atoms with Crippen LogP contribution in [-0.2, 0) is 6.54 Å². The Morgan fingerprint density at radius 3 is 2.21 bits per heavy atom. The Kier molecular flexibility index (Phi) is 6.29. The van der Waals surface area contributed by atoms with Gasteiger partial charge in [0.2, 0.25) is 0 Å². The molecule has 2 aromatic rings. The molecule has 1 aromatic carbocycles. The number of hydrogen-bond acceptors (Lipinski definition) is 4. The van der Waals surface area contributed by atoms with E-state index in [9.17, 15) is 4.79 Å². The highest BCUT2D eigenvalue weighted by atomic mass is 16.2. The minimum absolute atomic E-state index is 0.0852. The molecule has 0 bridgehead atoms. The summed E-state index contributed by atoms with van der Waals surface area (Å²) in [6.45, 7) is 10.5. The largest absolute Gasteiger partial charge is 0.356 e. The molecular weight excluding hydrogens is 300 g/mol. The van der Waals surface area contributed by atoms with Crippen molar-refractivity contribution in [2.45, 2.75) is 40.3 Å². The van der Waals surface area contributed by atoms with E-state index < -0.39 is 0 Å². The van der Waals surface area contributed by atoms with E-state index in [1.54, 1.807) is 12.4 Å². The normalized spacial score (nSPS) is 10.7. The Bertz CT molecular complexity index is 636. The fourth-order valence-electron chi connectivity index (χ4n) is 2.56. The van der Waals surface area contributed by atoms with E-state index >= 15 is 0 Å². The third-order valence-corrected chi connectivity index (χ3v) is 4.02. The molecule has 0 saturated carbocycles. The second kappa shape index (κ2) is 8.43. The van der Waals surface area contributed by atoms with E-state index in [0.29, 0.717) is 12.2 Å². The van der Waals surface area contributed by atoms with E-state index in [1.165, 1.54) is 0 Å². The molecule has 128 valence electrons. The van der Waals surface area contributed by atoms with Gasteiger partial charge in [-0.1, -0.05) is 30.3 Å². The number of hydrogen-bond donors (Lipinski definition) is 0. The maximum absolute atomic E-state index is 12.8. The van der Waals surface area contributed by atoms with Crippen molar-refractivity contribution in [1.29, 1.82) is 0 Å². The van der Waals surface area contributed by atoms with Gasteiger partial charge in [0, 0.05) is 25.7 Å². The van der Waals surface area contributed by atoms with Crippen LogP contribution in [0.2, 0.25) is 0 Å². The van der Waals surface area contributed by atoms with Gasteiger partial charge < -0.3 is 9.80 Å². The summed E-state index contributed by atoms with van der Waals surface area (Å²) in [5.74, 6) is 0.711. The van der Waals surface area contributed by atoms with Gasteiger partial charge in [0.15, 0.2) is 0 Å². The molecular formula is C19H26N4O. The van der Waals surface area contributed by atoms with Crippen molar-refractivity contribution in [2.75, 3.05) is 18.0 Å². The van der Waals surface area contributed by atoms with Crippen molar-refractivity contribution < 1.29 is 4.79 Å². The van der Waals surface area contributed by atoms with Crippen molar-refractivity contribution in [2.24, 2.45) is 0 Å². The minimum atomic E-state index is -0.0903. The quantitative estimate of drug-likeness (QED) is 0.783. The SMILES string of the molecule is CCN(CC)c1cnc(C(=O)N(Cc2ccccc2)C(C)C)cn1. The summed E-state index contributed by atoms with van der Waals surface area (Å²) in [5.41, 5.74) is 1.49. The topological polar surface area (TPSA) is 49.3 Å². The van der Waals surface area contributed by atoms with Gasteiger partial charge in [-0.25, -0.2) is 9.97 Å². The number of amides is 1. The summed E-state index contributed by atoms with van der Waals surface area (Å²) in [6.07, 6.45) is 3.26. The van der Waals surface area contributed by atoms with Gasteiger partial charge in [0.05, 0.1) is 12.4 Å². The summed E-state index contributed by atoms with van der Waals surface area (Å²) in [6, 6.07) is 10.1. The van der Waals surface area contributed by atoms with E-state index in [0.717, 1.165) is 24.5 Å². The molecule has 0 saturated heterocycles. The first-order chi connectivity index (χ1) is 11.6. The number of nitrogens with zero attached hydrogens (tertiary/aromatic N) is 4. The van der Waals surface area contributed by atoms with Gasteiger partial charge in [-0.3, -0.25) is 4.79 Å². The van der Waals surface area contributed by atoms with Gasteiger partial charge in [-0.05, 0) is 33.3 Å². The van der Waals surface area contributed by atoms with Crippen molar-refractivity contribution in [3.63, 3.8) is 0 Å². The third kappa shape index (κ3) is 4.31. The van der Waals surface area contributed by atoms with Crippen LogP contribution in [0.25, 0.3) is 0 Å². The number of benzene rings is 1. The monoisotopic (exact) mass is 326 g/mol. The molecule has 1 heterocycles. The fraction of sp³-hybridized carbons (Fsp3) is 0.421. The molecule has 0 N–H and O–H groups in total. The molecule has 5 heteroatoms. The fourth-order valence-corrected chi connectivity index (χ4v) is 2.56. The number of carbonyl (C=O) groups is 1. The van der Waals surface area contributed by atoms with E-state index in [4.69, 9.17) is 0 Å². The van der Waals surface area contributed by atoms with Crippen LogP contribution in [-0.4, -0.2) is 39.9 Å². The van der Waals surface area contributed by atoms with Crippen LogP contribution in [0.1, 0.15) is 43.7 Å². The molecule has 24 heavy (non-hydrogen) atoms. The van der Waals surface area contributed by atoms with E-state index in [2.05, 4.69) is 28.7 Å². The van der Waals surface area contributed by atoms with Crippen LogP contribution in [0, 0.1) is 0 Å². The lowest BCUT2D eigenvalue weighted by Gasteiger charge is -2.26. The van der Waals surface area contributed by atoms with Gasteiger partial charge in [-0.2, -0.15) is 0 Å². The Labute approximate surface area is 144 Å². The van der Waals surface area contributed by atoms with Crippen molar-refractivity contribution in [1.82, 2.24) is 14.9 Å². The maximum Gasteiger partial charge on any atom is 0.274 e. The summed E-state index contributed by atoms with van der Waals surface area (Å²) in [4.78, 5) is 25.5. The summed E-state index contributed by atoms with van der Waals surface area (Å²) >= 11 is 0. The second-order valence-electron chi connectivity index (χ2n) is 5.94. The lowest BCUT2D eigenvalue weighted by molar-refractivity contribution is 0.0684. The van der Waals surface area contributed by atoms with Crippen LogP contribution in [0.4, 0.5) is 5.82 Å². The standard InChI is InChI=1S/C19H26N4O/c1-5-22(6-2)18-13-20-17(12-21-18)19(24)23(15(3)4)14-16-10-8-7-9-11-16/h7-13,15H,5-6,14H2,1-4H3. The summed E-state index contributed by atoms with van der Waals surface area (Å²) in [5, 5.41) is 0. The van der Waals surface area contributed by atoms with Crippen molar-refractivity contribution in [3.05, 3.63) is 54.0 Å². The van der Waals surface area contributed by atoms with Gasteiger partial charge in [0.1, 0.15) is 11.5 Å². The molecule has 1 amide bonds. The maximum atomic E-state index is 12.8. The van der Waals surface area contributed by atoms with Crippen molar-refractivity contribution in [3.8, 4) is 0 Å². The molecule has 0 radical (unpaired) electrons. The zero-order chi connectivity index (χ0) is 17.5. The van der Waals surface area contributed by atoms with Crippen LogP contribution < -0.4 is 4.90 Å². The molecule has 0 atom stereocenters. The van der Waals surface area contributed by atoms with Gasteiger partial charge in [-0.15, -0.1) is 0 Å². The smallest absolute Gasteiger partial charge is 0.274 e. The Hall–Kier alpha value is -2.43. The lowest BCUT2D eigenvalue weighted by Crippen LogP contribution is -2.37. The molecule has 2 rings (SSSR count). The molecule has 0 aliphatic heterocycles. The van der Waals surface area contributed by atoms with Crippen LogP contribution in [0.5, 0.6) is 0 Å². The zero-order valence-electron chi connectivity index (χ0n) is 14.9. The van der Waals surface area contributed by atoms with Crippen LogP contribution in [0.3, 0.4) is 0 Å². The number of aromatic nitrogens is 2. The first-order valence-corrected chi connectivity index (χ1v) is 8.48. The third-order valence-electron chi connectivity index (χ3n) is 4.02. The summed E-state index contributed by atoms with van der Waals surface area (Å²) in [7, 11) is 0. The molecule has 5 nitrogen and oxygen atoms in total. The first kappa shape index (κ1) is 17.9. The average molecular weight is 326 g/mol. The van der Waals surface area contributed by atoms with Gasteiger partial charge >= 0.3 is 0 Å². The summed E-state index contributed by atoms with van der Waals surface area (Å²) < 4.78 is 0. The van der Waals surface area contributed by atoms with E-state index in [-0.39, 0.29) is 11.9 Å². The molecule has 0 aliphatic rings. The molecule has 0 fully saturated rings. The Balaban J connectivity index is 2.17. The number of rotatable bonds is 7. The molecule has 0 spiro atoms. The first-order valence-electron chi connectivity index (χ1n) is 8.48. The molecule has 0 aliphatic carbocycles. The van der Waals surface area contributed by atoms with E-state index in [1.807, 2.05) is 49.1 Å². The number of carbonyl (C=O) groups excluding carboxylic acids is 1. The minimum Gasteiger partial charge on any atom is -0.356 e. The number of anilines is 1. The second-order valence-corrected chi connectivity index (χ2v) is 5.94.